The summed E-state index contributed by atoms with van der Waals surface area (Å²) in [6.45, 7) is 2.51. The van der Waals surface area contributed by atoms with Crippen molar-refractivity contribution in [3.8, 4) is 0 Å². The van der Waals surface area contributed by atoms with Crippen LogP contribution in [0.3, 0.4) is 0 Å². The van der Waals surface area contributed by atoms with Crippen molar-refractivity contribution < 1.29 is 9.53 Å². The lowest BCUT2D eigenvalue weighted by Gasteiger charge is -2.22. The predicted octanol–water partition coefficient (Wildman–Crippen LogP) is 0.976. The summed E-state index contributed by atoms with van der Waals surface area (Å²) in [6, 6.07) is 10.0. The zero-order chi connectivity index (χ0) is 13.0. The number of likely N-dealkylation sites (tertiary alicyclic amines) is 1. The number of esters is 1. The fourth-order valence-corrected chi connectivity index (χ4v) is 2.43. The van der Waals surface area contributed by atoms with Crippen molar-refractivity contribution in [2.75, 3.05) is 26.7 Å². The van der Waals surface area contributed by atoms with Gasteiger partial charge in [-0.2, -0.15) is 0 Å². The molecule has 18 heavy (non-hydrogen) atoms. The molecule has 1 aromatic rings. The summed E-state index contributed by atoms with van der Waals surface area (Å²) in [4.78, 5) is 14.1. The van der Waals surface area contributed by atoms with Crippen molar-refractivity contribution in [3.63, 3.8) is 0 Å². The topological polar surface area (TPSA) is 55.6 Å². The molecule has 0 saturated carbocycles. The number of hydrogen-bond donors (Lipinski definition) is 1. The number of methoxy groups -OCH3 is 1. The summed E-state index contributed by atoms with van der Waals surface area (Å²) in [5.74, 6) is -0.400. The Morgan fingerprint density at radius 3 is 2.78 bits per heavy atom. The molecule has 2 N–H and O–H groups in total. The van der Waals surface area contributed by atoms with Gasteiger partial charge in [0.25, 0.3) is 0 Å². The molecule has 0 radical (unpaired) electrons. The lowest BCUT2D eigenvalue weighted by Crippen LogP contribution is -2.33. The average Bonchev–Trinajstić information content (AvgIpc) is 2.82. The normalized spacial score (nSPS) is 21.8. The van der Waals surface area contributed by atoms with E-state index in [4.69, 9.17) is 10.5 Å². The molecule has 1 aromatic carbocycles. The molecule has 0 aromatic heterocycles. The van der Waals surface area contributed by atoms with Gasteiger partial charge in [-0.3, -0.25) is 4.79 Å². The molecule has 0 bridgehead atoms. The van der Waals surface area contributed by atoms with E-state index in [1.54, 1.807) is 0 Å². The molecule has 1 saturated heterocycles. The van der Waals surface area contributed by atoms with Gasteiger partial charge in [-0.25, -0.2) is 0 Å². The van der Waals surface area contributed by atoms with Crippen LogP contribution in [0, 0.1) is 0 Å². The highest BCUT2D eigenvalue weighted by atomic mass is 16.5. The van der Waals surface area contributed by atoms with Crippen LogP contribution in [0.5, 0.6) is 0 Å². The molecule has 98 valence electrons. The third-order valence-corrected chi connectivity index (χ3v) is 3.44. The van der Waals surface area contributed by atoms with Gasteiger partial charge in [0, 0.05) is 19.1 Å². The molecule has 4 nitrogen and oxygen atoms in total. The number of carbonyl (C=O) groups excluding carboxylic acids is 1. The minimum atomic E-state index is -0.221. The Kier molecular flexibility index (Phi) is 4.33. The van der Waals surface area contributed by atoms with Crippen molar-refractivity contribution in [2.45, 2.75) is 18.4 Å². The molecule has 2 atom stereocenters. The Morgan fingerprint density at radius 2 is 2.22 bits per heavy atom. The van der Waals surface area contributed by atoms with Gasteiger partial charge >= 0.3 is 5.97 Å². The maximum absolute atomic E-state index is 11.9. The summed E-state index contributed by atoms with van der Waals surface area (Å²) in [5.41, 5.74) is 6.89. The lowest BCUT2D eigenvalue weighted by atomic mass is 9.99. The van der Waals surface area contributed by atoms with E-state index in [1.165, 1.54) is 7.11 Å². The second-order valence-corrected chi connectivity index (χ2v) is 4.79. The van der Waals surface area contributed by atoms with Crippen LogP contribution >= 0.6 is 0 Å². The molecule has 0 aliphatic carbocycles. The van der Waals surface area contributed by atoms with Gasteiger partial charge in [-0.1, -0.05) is 30.3 Å². The summed E-state index contributed by atoms with van der Waals surface area (Å²) < 4.78 is 4.91. The highest BCUT2D eigenvalue weighted by molar-refractivity contribution is 5.78. The standard InChI is InChI=1S/C14H20N2O2/c1-18-14(17)13(11-5-3-2-4-6-11)10-16-8-7-12(15)9-16/h2-6,12-13H,7-10,15H2,1H3/t12-,13?/m1/s1. The van der Waals surface area contributed by atoms with Crippen LogP contribution in [-0.2, 0) is 9.53 Å². The number of nitrogens with two attached hydrogens (primary N) is 1. The lowest BCUT2D eigenvalue weighted by molar-refractivity contribution is -0.142. The minimum absolute atomic E-state index is 0.179. The van der Waals surface area contributed by atoms with Crippen LogP contribution < -0.4 is 5.73 Å². The molecular formula is C14H20N2O2. The van der Waals surface area contributed by atoms with E-state index in [0.29, 0.717) is 6.54 Å². The van der Waals surface area contributed by atoms with Gasteiger partial charge in [-0.15, -0.1) is 0 Å². The molecule has 0 spiro atoms. The first kappa shape index (κ1) is 13.1. The number of ether oxygens (including phenoxy) is 1. The highest BCUT2D eigenvalue weighted by Crippen LogP contribution is 2.20. The highest BCUT2D eigenvalue weighted by Gasteiger charge is 2.27. The van der Waals surface area contributed by atoms with Gasteiger partial charge in [0.15, 0.2) is 0 Å². The first-order valence-electron chi connectivity index (χ1n) is 6.31. The maximum Gasteiger partial charge on any atom is 0.314 e. The van der Waals surface area contributed by atoms with E-state index >= 15 is 0 Å². The molecule has 2 rings (SSSR count). The van der Waals surface area contributed by atoms with E-state index < -0.39 is 0 Å². The third-order valence-electron chi connectivity index (χ3n) is 3.44. The van der Waals surface area contributed by atoms with Crippen LogP contribution in [0.15, 0.2) is 30.3 Å². The van der Waals surface area contributed by atoms with Crippen LogP contribution in [0.25, 0.3) is 0 Å². The summed E-state index contributed by atoms with van der Waals surface area (Å²) in [5, 5.41) is 0. The average molecular weight is 248 g/mol. The van der Waals surface area contributed by atoms with Crippen molar-refractivity contribution >= 4 is 5.97 Å². The number of carbonyl (C=O) groups is 1. The van der Waals surface area contributed by atoms with E-state index in [0.717, 1.165) is 25.1 Å². The monoisotopic (exact) mass is 248 g/mol. The SMILES string of the molecule is COC(=O)C(CN1CC[C@@H](N)C1)c1ccccc1. The van der Waals surface area contributed by atoms with Crippen molar-refractivity contribution in [1.82, 2.24) is 4.90 Å². The molecule has 4 heteroatoms. The third kappa shape index (κ3) is 3.09. The zero-order valence-corrected chi connectivity index (χ0v) is 10.7. The maximum atomic E-state index is 11.9. The Morgan fingerprint density at radius 1 is 1.50 bits per heavy atom. The van der Waals surface area contributed by atoms with Crippen LogP contribution in [0.2, 0.25) is 0 Å². The van der Waals surface area contributed by atoms with Crippen molar-refractivity contribution in [1.29, 1.82) is 0 Å². The summed E-state index contributed by atoms with van der Waals surface area (Å²) in [7, 11) is 1.44. The van der Waals surface area contributed by atoms with Gasteiger partial charge in [0.1, 0.15) is 0 Å². The molecule has 1 heterocycles. The van der Waals surface area contributed by atoms with Crippen LogP contribution in [-0.4, -0.2) is 43.7 Å². The number of benzene rings is 1. The Bertz CT molecular complexity index is 394. The first-order valence-corrected chi connectivity index (χ1v) is 6.31. The van der Waals surface area contributed by atoms with Crippen molar-refractivity contribution in [2.24, 2.45) is 5.73 Å². The quantitative estimate of drug-likeness (QED) is 0.807. The smallest absolute Gasteiger partial charge is 0.314 e. The van der Waals surface area contributed by atoms with E-state index in [2.05, 4.69) is 4.90 Å². The van der Waals surface area contributed by atoms with Crippen molar-refractivity contribution in [3.05, 3.63) is 35.9 Å². The summed E-state index contributed by atoms with van der Waals surface area (Å²) in [6.07, 6.45) is 1.00. The summed E-state index contributed by atoms with van der Waals surface area (Å²) >= 11 is 0. The first-order chi connectivity index (χ1) is 8.70. The second kappa shape index (κ2) is 5.98. The molecular weight excluding hydrogens is 228 g/mol. The number of nitrogens with zero attached hydrogens (tertiary/aromatic N) is 1. The van der Waals surface area contributed by atoms with E-state index in [-0.39, 0.29) is 17.9 Å². The molecule has 1 fully saturated rings. The van der Waals surface area contributed by atoms with E-state index in [1.807, 2.05) is 30.3 Å². The van der Waals surface area contributed by atoms with E-state index in [9.17, 15) is 4.79 Å². The Hall–Kier alpha value is -1.39. The fourth-order valence-electron chi connectivity index (χ4n) is 2.43. The predicted molar refractivity (Wildman–Crippen MR) is 70.2 cm³/mol. The van der Waals surface area contributed by atoms with Gasteiger partial charge < -0.3 is 15.4 Å². The Balaban J connectivity index is 2.09. The minimum Gasteiger partial charge on any atom is -0.469 e. The molecule has 1 aliphatic heterocycles. The second-order valence-electron chi connectivity index (χ2n) is 4.79. The number of rotatable bonds is 4. The molecule has 1 unspecified atom stereocenters. The Labute approximate surface area is 108 Å². The van der Waals surface area contributed by atoms with Gasteiger partial charge in [0.2, 0.25) is 0 Å². The van der Waals surface area contributed by atoms with Gasteiger partial charge in [-0.05, 0) is 18.5 Å². The largest absolute Gasteiger partial charge is 0.469 e. The zero-order valence-electron chi connectivity index (χ0n) is 10.7. The van der Waals surface area contributed by atoms with Crippen LogP contribution in [0.4, 0.5) is 0 Å². The molecule has 1 aliphatic rings. The fraction of sp³-hybridized carbons (Fsp3) is 0.500. The van der Waals surface area contributed by atoms with Gasteiger partial charge in [0.05, 0.1) is 13.0 Å². The number of hydrogen-bond acceptors (Lipinski definition) is 4. The van der Waals surface area contributed by atoms with Crippen LogP contribution in [0.1, 0.15) is 17.9 Å². The molecule has 0 amide bonds.